The number of hydrogen-bond donors (Lipinski definition) is 1. The van der Waals surface area contributed by atoms with E-state index in [0.29, 0.717) is 12.8 Å². The first kappa shape index (κ1) is 11.8. The molecule has 0 aromatic heterocycles. The Kier molecular flexibility index (Phi) is 3.81. The molecule has 0 aliphatic heterocycles. The summed E-state index contributed by atoms with van der Waals surface area (Å²) in [6, 6.07) is -1.34. The predicted molar refractivity (Wildman–Crippen MR) is 50.1 cm³/mol. The molecule has 14 heavy (non-hydrogen) atoms. The molecule has 0 amide bonds. The van der Waals surface area contributed by atoms with E-state index in [0.717, 1.165) is 12.8 Å². The Balaban J connectivity index is 2.52. The summed E-state index contributed by atoms with van der Waals surface area (Å²) >= 11 is 0. The summed E-state index contributed by atoms with van der Waals surface area (Å²) in [6.45, 7) is 3.70. The van der Waals surface area contributed by atoms with Crippen LogP contribution in [-0.4, -0.2) is 18.3 Å². The molecular formula is C10H18F3N. The van der Waals surface area contributed by atoms with Crippen LogP contribution in [-0.2, 0) is 0 Å². The second kappa shape index (κ2) is 4.51. The van der Waals surface area contributed by atoms with E-state index in [4.69, 9.17) is 0 Å². The largest absolute Gasteiger partial charge is 0.404 e. The van der Waals surface area contributed by atoms with Crippen molar-refractivity contribution in [3.05, 3.63) is 0 Å². The van der Waals surface area contributed by atoms with Crippen molar-refractivity contribution < 1.29 is 13.2 Å². The fraction of sp³-hybridized carbons (Fsp3) is 1.00. The van der Waals surface area contributed by atoms with Crippen molar-refractivity contribution in [1.29, 1.82) is 0 Å². The maximum atomic E-state index is 12.6. The first-order valence-corrected chi connectivity index (χ1v) is 5.28. The van der Waals surface area contributed by atoms with Crippen LogP contribution in [0.2, 0.25) is 0 Å². The van der Waals surface area contributed by atoms with Gasteiger partial charge < -0.3 is 5.32 Å². The summed E-state index contributed by atoms with van der Waals surface area (Å²) in [5, 5.41) is 2.68. The molecule has 0 heterocycles. The highest BCUT2D eigenvalue weighted by Crippen LogP contribution is 2.37. The number of halogens is 3. The Morgan fingerprint density at radius 1 is 1.36 bits per heavy atom. The van der Waals surface area contributed by atoms with Gasteiger partial charge in [0.05, 0.1) is 0 Å². The Hall–Kier alpha value is -0.250. The van der Waals surface area contributed by atoms with Crippen LogP contribution >= 0.6 is 0 Å². The van der Waals surface area contributed by atoms with Crippen LogP contribution in [0.25, 0.3) is 0 Å². The second-order valence-corrected chi connectivity index (χ2v) is 4.19. The summed E-state index contributed by atoms with van der Waals surface area (Å²) < 4.78 is 37.9. The van der Waals surface area contributed by atoms with Crippen molar-refractivity contribution in [1.82, 2.24) is 5.32 Å². The average Bonchev–Trinajstić information content (AvgIpc) is 1.98. The minimum Gasteiger partial charge on any atom is -0.303 e. The smallest absolute Gasteiger partial charge is 0.303 e. The highest BCUT2D eigenvalue weighted by molar-refractivity contribution is 4.89. The Bertz CT molecular complexity index is 175. The summed E-state index contributed by atoms with van der Waals surface area (Å²) in [5.41, 5.74) is 0. The quantitative estimate of drug-likeness (QED) is 0.750. The molecule has 0 aromatic rings. The third kappa shape index (κ3) is 2.87. The zero-order valence-corrected chi connectivity index (χ0v) is 8.69. The van der Waals surface area contributed by atoms with E-state index < -0.39 is 12.2 Å². The molecule has 1 aliphatic rings. The Morgan fingerprint density at radius 3 is 2.21 bits per heavy atom. The first-order valence-electron chi connectivity index (χ1n) is 5.28. The Morgan fingerprint density at radius 2 is 1.93 bits per heavy atom. The molecule has 1 saturated carbocycles. The lowest BCUT2D eigenvalue weighted by Crippen LogP contribution is -2.52. The number of hydrogen-bond acceptors (Lipinski definition) is 1. The third-order valence-electron chi connectivity index (χ3n) is 3.05. The van der Waals surface area contributed by atoms with E-state index in [9.17, 15) is 13.2 Å². The van der Waals surface area contributed by atoms with Crippen LogP contribution in [0.1, 0.15) is 39.5 Å². The predicted octanol–water partition coefficient (Wildman–Crippen LogP) is 3.11. The molecule has 1 nitrogen and oxygen atoms in total. The third-order valence-corrected chi connectivity index (χ3v) is 3.05. The molecule has 0 radical (unpaired) electrons. The van der Waals surface area contributed by atoms with Crippen LogP contribution in [0.3, 0.4) is 0 Å². The maximum Gasteiger partial charge on any atom is 0.404 e. The van der Waals surface area contributed by atoms with Crippen LogP contribution in [0.4, 0.5) is 13.2 Å². The molecule has 1 N–H and O–H groups in total. The van der Waals surface area contributed by atoms with Crippen molar-refractivity contribution in [2.75, 3.05) is 0 Å². The van der Waals surface area contributed by atoms with Crippen molar-refractivity contribution in [3.8, 4) is 0 Å². The summed E-state index contributed by atoms with van der Waals surface area (Å²) in [5.74, 6) is -0.191. The minimum atomic E-state index is -4.09. The molecule has 0 bridgehead atoms. The molecule has 1 rings (SSSR count). The van der Waals surface area contributed by atoms with Gasteiger partial charge in [-0.1, -0.05) is 13.3 Å². The monoisotopic (exact) mass is 209 g/mol. The number of rotatable bonds is 4. The fourth-order valence-electron chi connectivity index (χ4n) is 1.70. The van der Waals surface area contributed by atoms with Crippen LogP contribution in [0.15, 0.2) is 0 Å². The lowest BCUT2D eigenvalue weighted by molar-refractivity contribution is -0.176. The van der Waals surface area contributed by atoms with Gasteiger partial charge in [-0.05, 0) is 32.1 Å². The van der Waals surface area contributed by atoms with Crippen LogP contribution in [0.5, 0.6) is 0 Å². The molecule has 4 heteroatoms. The van der Waals surface area contributed by atoms with E-state index in [2.05, 4.69) is 5.32 Å². The summed E-state index contributed by atoms with van der Waals surface area (Å²) in [6.07, 6.45) is -0.978. The molecule has 1 aliphatic carbocycles. The Labute approximate surface area is 83.1 Å². The van der Waals surface area contributed by atoms with E-state index in [1.165, 1.54) is 0 Å². The highest BCUT2D eigenvalue weighted by Gasteiger charge is 2.46. The zero-order chi connectivity index (χ0) is 10.8. The molecule has 2 unspecified atom stereocenters. The van der Waals surface area contributed by atoms with Crippen LogP contribution in [0, 0.1) is 5.92 Å². The van der Waals surface area contributed by atoms with Gasteiger partial charge in [-0.25, -0.2) is 0 Å². The summed E-state index contributed by atoms with van der Waals surface area (Å²) in [4.78, 5) is 0. The number of nitrogens with one attached hydrogen (secondary N) is 1. The van der Waals surface area contributed by atoms with Crippen molar-refractivity contribution >= 4 is 0 Å². The van der Waals surface area contributed by atoms with Gasteiger partial charge in [0.25, 0.3) is 0 Å². The second-order valence-electron chi connectivity index (χ2n) is 4.19. The molecular weight excluding hydrogens is 191 g/mol. The molecule has 1 fully saturated rings. The fourth-order valence-corrected chi connectivity index (χ4v) is 1.70. The first-order chi connectivity index (χ1) is 6.45. The van der Waals surface area contributed by atoms with Gasteiger partial charge >= 0.3 is 6.18 Å². The molecule has 0 spiro atoms. The van der Waals surface area contributed by atoms with E-state index in [1.807, 2.05) is 6.92 Å². The van der Waals surface area contributed by atoms with Gasteiger partial charge in [0, 0.05) is 6.04 Å². The van der Waals surface area contributed by atoms with Gasteiger partial charge in [0.15, 0.2) is 0 Å². The zero-order valence-electron chi connectivity index (χ0n) is 8.69. The van der Waals surface area contributed by atoms with Gasteiger partial charge in [-0.2, -0.15) is 13.2 Å². The van der Waals surface area contributed by atoms with Gasteiger partial charge in [-0.3, -0.25) is 0 Å². The average molecular weight is 209 g/mol. The lowest BCUT2D eigenvalue weighted by Gasteiger charge is -2.37. The maximum absolute atomic E-state index is 12.6. The van der Waals surface area contributed by atoms with E-state index in [1.54, 1.807) is 6.92 Å². The van der Waals surface area contributed by atoms with Crippen molar-refractivity contribution in [2.45, 2.75) is 57.8 Å². The minimum absolute atomic E-state index is 0.0535. The number of alkyl halides is 3. The SMILES string of the molecule is CCC(C)NC(C1CCC1)C(F)(F)F. The molecule has 2 atom stereocenters. The summed E-state index contributed by atoms with van der Waals surface area (Å²) in [7, 11) is 0. The lowest BCUT2D eigenvalue weighted by atomic mass is 9.79. The van der Waals surface area contributed by atoms with Gasteiger partial charge in [-0.15, -0.1) is 0 Å². The molecule has 0 aromatic carbocycles. The normalized spacial score (nSPS) is 22.9. The van der Waals surface area contributed by atoms with Gasteiger partial charge in [0.2, 0.25) is 0 Å². The van der Waals surface area contributed by atoms with Crippen molar-refractivity contribution in [3.63, 3.8) is 0 Å². The van der Waals surface area contributed by atoms with Crippen molar-refractivity contribution in [2.24, 2.45) is 5.92 Å². The van der Waals surface area contributed by atoms with Crippen LogP contribution < -0.4 is 5.32 Å². The standard InChI is InChI=1S/C10H18F3N/c1-3-7(2)14-9(10(11,12)13)8-5-4-6-8/h7-9,14H,3-6H2,1-2H3. The van der Waals surface area contributed by atoms with E-state index >= 15 is 0 Å². The topological polar surface area (TPSA) is 12.0 Å². The molecule has 0 saturated heterocycles. The molecule has 84 valence electrons. The van der Waals surface area contributed by atoms with Gasteiger partial charge in [0.1, 0.15) is 6.04 Å². The van der Waals surface area contributed by atoms with E-state index in [-0.39, 0.29) is 12.0 Å². The highest BCUT2D eigenvalue weighted by atomic mass is 19.4.